The summed E-state index contributed by atoms with van der Waals surface area (Å²) in [5, 5.41) is 18.4. The molecule has 5 heteroatoms. The number of hydrogen-bond donors (Lipinski definition) is 1. The van der Waals surface area contributed by atoms with E-state index in [2.05, 4.69) is 6.07 Å². The highest BCUT2D eigenvalue weighted by atomic mass is 32.2. The van der Waals surface area contributed by atoms with E-state index < -0.39 is 15.3 Å². The van der Waals surface area contributed by atoms with Gasteiger partial charge in [-0.2, -0.15) is 5.26 Å². The third-order valence-electron chi connectivity index (χ3n) is 4.89. The van der Waals surface area contributed by atoms with Crippen LogP contribution in [-0.4, -0.2) is 31.6 Å². The Morgan fingerprint density at radius 1 is 1.19 bits per heavy atom. The molecule has 1 saturated heterocycles. The number of fused-ring (bicyclic) bond motifs is 4. The first kappa shape index (κ1) is 10.5. The Morgan fingerprint density at radius 3 is 2.06 bits per heavy atom. The van der Waals surface area contributed by atoms with Crippen molar-refractivity contribution >= 4 is 9.84 Å². The van der Waals surface area contributed by atoms with Crippen molar-refractivity contribution < 1.29 is 13.5 Å². The topological polar surface area (TPSA) is 78.2 Å². The van der Waals surface area contributed by atoms with Crippen LogP contribution in [0.1, 0.15) is 12.8 Å². The largest absolute Gasteiger partial charge is 0.395 e. The molecular formula is C11H15NO3S. The van der Waals surface area contributed by atoms with Gasteiger partial charge < -0.3 is 5.11 Å². The first-order valence-corrected chi connectivity index (χ1v) is 7.55. The van der Waals surface area contributed by atoms with Crippen molar-refractivity contribution in [1.82, 2.24) is 0 Å². The molecule has 1 N–H and O–H groups in total. The van der Waals surface area contributed by atoms with Gasteiger partial charge in [0.25, 0.3) is 0 Å². The normalized spacial score (nSPS) is 52.5. The van der Waals surface area contributed by atoms with Gasteiger partial charge in [0.05, 0.1) is 29.6 Å². The zero-order valence-electron chi connectivity index (χ0n) is 8.96. The smallest absolute Gasteiger partial charge is 0.150 e. The summed E-state index contributed by atoms with van der Waals surface area (Å²) in [5.74, 6) is 1.91. The number of aliphatic hydroxyl groups excluding tert-OH is 1. The molecule has 0 spiro atoms. The van der Waals surface area contributed by atoms with Crippen molar-refractivity contribution in [3.63, 3.8) is 0 Å². The third kappa shape index (κ3) is 1.20. The third-order valence-corrected chi connectivity index (χ3v) is 6.67. The molecule has 3 rings (SSSR count). The van der Waals surface area contributed by atoms with Crippen LogP contribution in [0.2, 0.25) is 0 Å². The van der Waals surface area contributed by atoms with Crippen LogP contribution in [0.15, 0.2) is 0 Å². The monoisotopic (exact) mass is 241 g/mol. The highest BCUT2D eigenvalue weighted by Gasteiger charge is 2.63. The highest BCUT2D eigenvalue weighted by molar-refractivity contribution is 7.91. The van der Waals surface area contributed by atoms with E-state index in [4.69, 9.17) is 5.26 Å². The van der Waals surface area contributed by atoms with Gasteiger partial charge in [0, 0.05) is 0 Å². The highest BCUT2D eigenvalue weighted by Crippen LogP contribution is 2.63. The molecule has 0 aromatic carbocycles. The van der Waals surface area contributed by atoms with Gasteiger partial charge in [-0.3, -0.25) is 0 Å². The van der Waals surface area contributed by atoms with Crippen molar-refractivity contribution in [3.8, 4) is 6.07 Å². The maximum atomic E-state index is 11.5. The van der Waals surface area contributed by atoms with Crippen molar-refractivity contribution in [2.45, 2.75) is 12.8 Å². The lowest BCUT2D eigenvalue weighted by Crippen LogP contribution is -2.42. The fraction of sp³-hybridized carbons (Fsp3) is 0.909. The van der Waals surface area contributed by atoms with Gasteiger partial charge in [0.1, 0.15) is 0 Å². The second-order valence-electron chi connectivity index (χ2n) is 5.69. The number of nitriles is 1. The minimum absolute atomic E-state index is 0.0807. The second-order valence-corrected chi connectivity index (χ2v) is 7.84. The van der Waals surface area contributed by atoms with Gasteiger partial charge in [0.2, 0.25) is 0 Å². The van der Waals surface area contributed by atoms with Crippen LogP contribution in [0.4, 0.5) is 0 Å². The lowest BCUT2D eigenvalue weighted by Gasteiger charge is -2.43. The Bertz CT molecular complexity index is 438. The zero-order valence-corrected chi connectivity index (χ0v) is 9.78. The van der Waals surface area contributed by atoms with E-state index in [1.165, 1.54) is 0 Å². The van der Waals surface area contributed by atoms with E-state index >= 15 is 0 Å². The summed E-state index contributed by atoms with van der Waals surface area (Å²) in [5.41, 5.74) is -0.580. The molecule has 3 aliphatic rings. The van der Waals surface area contributed by atoms with Gasteiger partial charge in [-0.05, 0) is 36.5 Å². The van der Waals surface area contributed by atoms with Crippen molar-refractivity contribution in [2.75, 3.05) is 18.1 Å². The Labute approximate surface area is 95.2 Å². The molecule has 1 heterocycles. The number of hydrogen-bond acceptors (Lipinski definition) is 4. The maximum absolute atomic E-state index is 11.5. The van der Waals surface area contributed by atoms with E-state index in [1.807, 2.05) is 0 Å². The van der Waals surface area contributed by atoms with E-state index in [1.54, 1.807) is 0 Å². The van der Waals surface area contributed by atoms with Crippen LogP contribution >= 0.6 is 0 Å². The summed E-state index contributed by atoms with van der Waals surface area (Å²) in [6, 6.07) is 2.24. The van der Waals surface area contributed by atoms with Crippen LogP contribution in [0.5, 0.6) is 0 Å². The molecular weight excluding hydrogens is 226 g/mol. The lowest BCUT2D eigenvalue weighted by molar-refractivity contribution is 0.0462. The molecule has 0 bridgehead atoms. The first-order chi connectivity index (χ1) is 7.50. The number of aliphatic hydroxyl groups is 1. The molecule has 0 aromatic heterocycles. The molecule has 0 unspecified atom stereocenters. The van der Waals surface area contributed by atoms with Gasteiger partial charge in [-0.25, -0.2) is 8.42 Å². The first-order valence-electron chi connectivity index (χ1n) is 5.73. The summed E-state index contributed by atoms with van der Waals surface area (Å²) in [7, 11) is -2.82. The van der Waals surface area contributed by atoms with E-state index in [0.29, 0.717) is 36.2 Å². The predicted molar refractivity (Wildman–Crippen MR) is 57.0 cm³/mol. The van der Waals surface area contributed by atoms with Gasteiger partial charge in [0.15, 0.2) is 9.84 Å². The number of rotatable bonds is 1. The molecule has 1 aliphatic heterocycles. The Kier molecular flexibility index (Phi) is 1.97. The average Bonchev–Trinajstić information content (AvgIpc) is 2.73. The molecule has 16 heavy (non-hydrogen) atoms. The zero-order chi connectivity index (χ0) is 11.6. The summed E-state index contributed by atoms with van der Waals surface area (Å²) in [6.07, 6.45) is 1.39. The van der Waals surface area contributed by atoms with Crippen LogP contribution in [0.25, 0.3) is 0 Å². The Morgan fingerprint density at radius 2 is 1.69 bits per heavy atom. The summed E-state index contributed by atoms with van der Waals surface area (Å²) < 4.78 is 23.0. The molecule has 0 aromatic rings. The molecule has 4 atom stereocenters. The molecule has 0 amide bonds. The van der Waals surface area contributed by atoms with E-state index in [-0.39, 0.29) is 18.4 Å². The summed E-state index contributed by atoms with van der Waals surface area (Å²) in [4.78, 5) is 0. The van der Waals surface area contributed by atoms with Crippen LogP contribution in [0, 0.1) is 40.4 Å². The van der Waals surface area contributed by atoms with Crippen molar-refractivity contribution in [3.05, 3.63) is 0 Å². The fourth-order valence-corrected chi connectivity index (χ4v) is 6.42. The van der Waals surface area contributed by atoms with Crippen LogP contribution < -0.4 is 0 Å². The van der Waals surface area contributed by atoms with Crippen LogP contribution in [-0.2, 0) is 9.84 Å². The molecule has 0 radical (unpaired) electrons. The van der Waals surface area contributed by atoms with Gasteiger partial charge in [-0.15, -0.1) is 0 Å². The minimum atomic E-state index is -2.82. The van der Waals surface area contributed by atoms with E-state index in [0.717, 1.165) is 0 Å². The SMILES string of the molecule is N#CC1(CO)C[C@H]2[C@H](C1)[C@@H]1CS(=O)(=O)C[C@@H]21. The van der Waals surface area contributed by atoms with E-state index in [9.17, 15) is 13.5 Å². The molecule has 3 fully saturated rings. The predicted octanol–water partition coefficient (Wildman–Crippen LogP) is 0.189. The molecule has 2 aliphatic carbocycles. The summed E-state index contributed by atoms with van der Waals surface area (Å²) >= 11 is 0. The maximum Gasteiger partial charge on any atom is 0.150 e. The number of nitrogens with zero attached hydrogens (tertiary/aromatic N) is 1. The molecule has 2 saturated carbocycles. The lowest BCUT2D eigenvalue weighted by atomic mass is 9.60. The second kappa shape index (κ2) is 2.99. The van der Waals surface area contributed by atoms with Crippen molar-refractivity contribution in [1.29, 1.82) is 5.26 Å². The van der Waals surface area contributed by atoms with Gasteiger partial charge >= 0.3 is 0 Å². The van der Waals surface area contributed by atoms with Crippen molar-refractivity contribution in [2.24, 2.45) is 29.1 Å². The quantitative estimate of drug-likeness (QED) is 0.711. The standard InChI is InChI=1S/C11H15NO3S/c12-5-11(6-13)1-7-8(2-11)10-4-16(14,15)3-9(7)10/h7-10,13H,1-4,6H2/t7-,8-,9-,10-/m0/s1. The Hall–Kier alpha value is -0.600. The molecule has 88 valence electrons. The molecule has 4 nitrogen and oxygen atoms in total. The number of sulfone groups is 1. The van der Waals surface area contributed by atoms with Gasteiger partial charge in [-0.1, -0.05) is 0 Å². The average molecular weight is 241 g/mol. The minimum Gasteiger partial charge on any atom is -0.395 e. The van der Waals surface area contributed by atoms with Crippen LogP contribution in [0.3, 0.4) is 0 Å². The fourth-order valence-electron chi connectivity index (χ4n) is 4.12. The summed E-state index contributed by atoms with van der Waals surface area (Å²) in [6.45, 7) is -0.0807. The Balaban J connectivity index is 1.83.